The molecule has 118 valence electrons. The average Bonchev–Trinajstić information content (AvgIpc) is 2.88. The topological polar surface area (TPSA) is 74.0 Å². The standard InChI is InChI=1S/C15H21N5O2/c1-11(21)9-18-5-7-19(8-6-18)15(22)13-3-4-14-17-16-12(2)20(14)10-13/h3-4,10-11,21H,5-9H2,1-2H3. The first-order valence-corrected chi connectivity index (χ1v) is 7.55. The van der Waals surface area contributed by atoms with E-state index in [1.54, 1.807) is 19.2 Å². The van der Waals surface area contributed by atoms with Crippen LogP contribution in [0.25, 0.3) is 5.65 Å². The fourth-order valence-corrected chi connectivity index (χ4v) is 2.82. The van der Waals surface area contributed by atoms with Crippen LogP contribution in [0, 0.1) is 6.92 Å². The summed E-state index contributed by atoms with van der Waals surface area (Å²) in [6, 6.07) is 3.62. The summed E-state index contributed by atoms with van der Waals surface area (Å²) in [5.41, 5.74) is 1.40. The predicted octanol–water partition coefficient (Wildman–Crippen LogP) is 0.176. The van der Waals surface area contributed by atoms with Gasteiger partial charge in [-0.1, -0.05) is 0 Å². The van der Waals surface area contributed by atoms with Gasteiger partial charge in [-0.25, -0.2) is 0 Å². The molecular formula is C15H21N5O2. The number of nitrogens with zero attached hydrogens (tertiary/aromatic N) is 5. The number of amides is 1. The molecular weight excluding hydrogens is 282 g/mol. The smallest absolute Gasteiger partial charge is 0.255 e. The highest BCUT2D eigenvalue weighted by Gasteiger charge is 2.23. The summed E-state index contributed by atoms with van der Waals surface area (Å²) < 4.78 is 1.83. The third-order valence-corrected chi connectivity index (χ3v) is 4.00. The molecule has 2 aromatic heterocycles. The zero-order chi connectivity index (χ0) is 15.7. The molecule has 0 saturated carbocycles. The van der Waals surface area contributed by atoms with Crippen molar-refractivity contribution >= 4 is 11.6 Å². The van der Waals surface area contributed by atoms with Gasteiger partial charge in [-0.3, -0.25) is 14.1 Å². The van der Waals surface area contributed by atoms with Crippen molar-refractivity contribution in [2.45, 2.75) is 20.0 Å². The number of hydrogen-bond acceptors (Lipinski definition) is 5. The normalized spacial score (nSPS) is 17.9. The van der Waals surface area contributed by atoms with Gasteiger partial charge in [0.25, 0.3) is 5.91 Å². The van der Waals surface area contributed by atoms with Crippen molar-refractivity contribution in [3.8, 4) is 0 Å². The van der Waals surface area contributed by atoms with E-state index in [0.29, 0.717) is 25.2 Å². The maximum atomic E-state index is 12.6. The second-order valence-corrected chi connectivity index (χ2v) is 5.84. The van der Waals surface area contributed by atoms with Gasteiger partial charge in [0.2, 0.25) is 0 Å². The highest BCUT2D eigenvalue weighted by atomic mass is 16.3. The quantitative estimate of drug-likeness (QED) is 0.875. The van der Waals surface area contributed by atoms with Crippen molar-refractivity contribution in [1.82, 2.24) is 24.4 Å². The van der Waals surface area contributed by atoms with Gasteiger partial charge in [-0.15, -0.1) is 10.2 Å². The molecule has 0 aromatic carbocycles. The lowest BCUT2D eigenvalue weighted by Gasteiger charge is -2.35. The third kappa shape index (κ3) is 2.95. The van der Waals surface area contributed by atoms with E-state index in [1.165, 1.54) is 0 Å². The highest BCUT2D eigenvalue weighted by molar-refractivity contribution is 5.94. The third-order valence-electron chi connectivity index (χ3n) is 4.00. The molecule has 22 heavy (non-hydrogen) atoms. The Hall–Kier alpha value is -1.99. The van der Waals surface area contributed by atoms with E-state index >= 15 is 0 Å². The second-order valence-electron chi connectivity index (χ2n) is 5.84. The van der Waals surface area contributed by atoms with Crippen molar-refractivity contribution in [2.75, 3.05) is 32.7 Å². The summed E-state index contributed by atoms with van der Waals surface area (Å²) >= 11 is 0. The Kier molecular flexibility index (Phi) is 4.08. The summed E-state index contributed by atoms with van der Waals surface area (Å²) in [6.07, 6.45) is 1.47. The Morgan fingerprint density at radius 2 is 2.00 bits per heavy atom. The van der Waals surface area contributed by atoms with Crippen molar-refractivity contribution in [2.24, 2.45) is 0 Å². The van der Waals surface area contributed by atoms with Gasteiger partial charge in [-0.2, -0.15) is 0 Å². The molecule has 1 atom stereocenters. The summed E-state index contributed by atoms with van der Waals surface area (Å²) in [5, 5.41) is 17.5. The zero-order valence-corrected chi connectivity index (χ0v) is 12.9. The maximum absolute atomic E-state index is 12.6. The number of aromatic nitrogens is 3. The lowest BCUT2D eigenvalue weighted by Crippen LogP contribution is -2.50. The lowest BCUT2D eigenvalue weighted by atomic mass is 10.2. The van der Waals surface area contributed by atoms with Crippen molar-refractivity contribution in [1.29, 1.82) is 0 Å². The summed E-state index contributed by atoms with van der Waals surface area (Å²) in [4.78, 5) is 16.7. The Morgan fingerprint density at radius 1 is 1.27 bits per heavy atom. The number of carbonyl (C=O) groups excluding carboxylic acids is 1. The molecule has 0 radical (unpaired) electrons. The minimum atomic E-state index is -0.332. The first-order chi connectivity index (χ1) is 10.5. The van der Waals surface area contributed by atoms with E-state index < -0.39 is 0 Å². The molecule has 1 amide bonds. The van der Waals surface area contributed by atoms with Crippen LogP contribution in [0.2, 0.25) is 0 Å². The lowest BCUT2D eigenvalue weighted by molar-refractivity contribution is 0.0553. The van der Waals surface area contributed by atoms with E-state index in [0.717, 1.165) is 24.6 Å². The van der Waals surface area contributed by atoms with E-state index in [4.69, 9.17) is 0 Å². The maximum Gasteiger partial charge on any atom is 0.255 e. The van der Waals surface area contributed by atoms with Crippen molar-refractivity contribution in [3.63, 3.8) is 0 Å². The van der Waals surface area contributed by atoms with Crippen LogP contribution < -0.4 is 0 Å². The summed E-state index contributed by atoms with van der Waals surface area (Å²) in [5.74, 6) is 0.804. The van der Waals surface area contributed by atoms with Gasteiger partial charge in [0.1, 0.15) is 5.82 Å². The first-order valence-electron chi connectivity index (χ1n) is 7.55. The number of aryl methyl sites for hydroxylation is 1. The van der Waals surface area contributed by atoms with Crippen LogP contribution in [0.3, 0.4) is 0 Å². The molecule has 1 unspecified atom stereocenters. The number of hydrogen-bond donors (Lipinski definition) is 1. The van der Waals surface area contributed by atoms with E-state index in [9.17, 15) is 9.90 Å². The number of carbonyl (C=O) groups is 1. The number of piperazine rings is 1. The molecule has 0 spiro atoms. The van der Waals surface area contributed by atoms with Crippen LogP contribution in [-0.2, 0) is 0 Å². The number of rotatable bonds is 3. The number of β-amino-alcohol motifs (C(OH)–C–C–N with tert-alkyl or cyclic N) is 1. The van der Waals surface area contributed by atoms with Crippen LogP contribution >= 0.6 is 0 Å². The van der Waals surface area contributed by atoms with E-state index in [1.807, 2.05) is 22.3 Å². The predicted molar refractivity (Wildman–Crippen MR) is 81.7 cm³/mol. The summed E-state index contributed by atoms with van der Waals surface area (Å²) in [7, 11) is 0. The first kappa shape index (κ1) is 14.9. The molecule has 0 aliphatic carbocycles. The second kappa shape index (κ2) is 6.02. The number of pyridine rings is 1. The molecule has 2 aromatic rings. The van der Waals surface area contributed by atoms with Gasteiger partial charge in [0.15, 0.2) is 5.65 Å². The fourth-order valence-electron chi connectivity index (χ4n) is 2.82. The Bertz CT molecular complexity index is 674. The van der Waals surface area contributed by atoms with Gasteiger partial charge in [0.05, 0.1) is 11.7 Å². The van der Waals surface area contributed by atoms with Crippen LogP contribution in [-0.4, -0.2) is 74.2 Å². The monoisotopic (exact) mass is 303 g/mol. The Balaban J connectivity index is 1.69. The minimum absolute atomic E-state index is 0.0340. The van der Waals surface area contributed by atoms with E-state index in [2.05, 4.69) is 15.1 Å². The Morgan fingerprint density at radius 3 is 2.68 bits per heavy atom. The SMILES string of the molecule is Cc1nnc2ccc(C(=O)N3CCN(CC(C)O)CC3)cn12. The van der Waals surface area contributed by atoms with Gasteiger partial charge < -0.3 is 10.0 Å². The van der Waals surface area contributed by atoms with Gasteiger partial charge in [-0.05, 0) is 26.0 Å². The number of aliphatic hydroxyl groups is 1. The van der Waals surface area contributed by atoms with Gasteiger partial charge in [0, 0.05) is 38.9 Å². The molecule has 3 rings (SSSR count). The highest BCUT2D eigenvalue weighted by Crippen LogP contribution is 2.11. The summed E-state index contributed by atoms with van der Waals surface area (Å²) in [6.45, 7) is 7.27. The minimum Gasteiger partial charge on any atom is -0.392 e. The number of fused-ring (bicyclic) bond motifs is 1. The zero-order valence-electron chi connectivity index (χ0n) is 12.9. The molecule has 7 nitrogen and oxygen atoms in total. The molecule has 1 aliphatic rings. The molecule has 7 heteroatoms. The van der Waals surface area contributed by atoms with E-state index in [-0.39, 0.29) is 12.0 Å². The molecule has 1 N–H and O–H groups in total. The van der Waals surface area contributed by atoms with Crippen molar-refractivity contribution in [3.05, 3.63) is 29.7 Å². The van der Waals surface area contributed by atoms with Gasteiger partial charge >= 0.3 is 0 Å². The Labute approximate surface area is 129 Å². The van der Waals surface area contributed by atoms with Crippen LogP contribution in [0.1, 0.15) is 23.1 Å². The van der Waals surface area contributed by atoms with Crippen LogP contribution in [0.15, 0.2) is 18.3 Å². The van der Waals surface area contributed by atoms with Crippen LogP contribution in [0.5, 0.6) is 0 Å². The molecule has 3 heterocycles. The number of aliphatic hydroxyl groups excluding tert-OH is 1. The molecule has 1 fully saturated rings. The van der Waals surface area contributed by atoms with Crippen LogP contribution in [0.4, 0.5) is 0 Å². The fraction of sp³-hybridized carbons (Fsp3) is 0.533. The molecule has 1 aliphatic heterocycles. The average molecular weight is 303 g/mol. The molecule has 0 bridgehead atoms. The molecule has 1 saturated heterocycles. The van der Waals surface area contributed by atoms with Crippen molar-refractivity contribution < 1.29 is 9.90 Å². The largest absolute Gasteiger partial charge is 0.392 e.